The van der Waals surface area contributed by atoms with E-state index in [1.807, 2.05) is 14.1 Å². The van der Waals surface area contributed by atoms with Crippen molar-refractivity contribution in [2.75, 3.05) is 47.7 Å². The molecule has 4 nitrogen and oxygen atoms in total. The van der Waals surface area contributed by atoms with Crippen LogP contribution in [0.4, 0.5) is 0 Å². The first-order chi connectivity index (χ1) is 5.60. The summed E-state index contributed by atoms with van der Waals surface area (Å²) >= 11 is 0. The standard InChI is InChI=1S/C7H19NO3S/c1-8(2)6-7-12(9-3,10-4)11-5/h6-7H2,1-5H3. The molecule has 0 spiro atoms. The Morgan fingerprint density at radius 2 is 1.42 bits per heavy atom. The van der Waals surface area contributed by atoms with E-state index in [0.29, 0.717) is 0 Å². The second kappa shape index (κ2) is 5.77. The van der Waals surface area contributed by atoms with E-state index < -0.39 is 10.9 Å². The maximum absolute atomic E-state index is 5.20. The lowest BCUT2D eigenvalue weighted by Crippen LogP contribution is -2.22. The van der Waals surface area contributed by atoms with E-state index in [0.717, 1.165) is 12.3 Å². The van der Waals surface area contributed by atoms with Crippen LogP contribution in [0.5, 0.6) is 0 Å². The van der Waals surface area contributed by atoms with Gasteiger partial charge in [-0.2, -0.15) is 0 Å². The first-order valence-corrected chi connectivity index (χ1v) is 5.30. The largest absolute Gasteiger partial charge is 0.308 e. The van der Waals surface area contributed by atoms with E-state index in [-0.39, 0.29) is 0 Å². The maximum atomic E-state index is 5.20. The predicted molar refractivity (Wildman–Crippen MR) is 52.0 cm³/mol. The summed E-state index contributed by atoms with van der Waals surface area (Å²) < 4.78 is 15.6. The molecule has 0 aliphatic rings. The highest BCUT2D eigenvalue weighted by atomic mass is 32.3. The Morgan fingerprint density at radius 1 is 1.00 bits per heavy atom. The number of hydrogen-bond acceptors (Lipinski definition) is 4. The van der Waals surface area contributed by atoms with Gasteiger partial charge >= 0.3 is 0 Å². The van der Waals surface area contributed by atoms with Crippen LogP contribution in [0.2, 0.25) is 0 Å². The highest BCUT2D eigenvalue weighted by Crippen LogP contribution is 2.48. The molecule has 0 fully saturated rings. The molecule has 0 amide bonds. The SMILES string of the molecule is COS(CCN(C)C)(OC)OC. The van der Waals surface area contributed by atoms with Crippen molar-refractivity contribution < 1.29 is 12.5 Å². The van der Waals surface area contributed by atoms with Gasteiger partial charge in [0, 0.05) is 6.54 Å². The van der Waals surface area contributed by atoms with Crippen LogP contribution in [0.15, 0.2) is 0 Å². The van der Waals surface area contributed by atoms with Crippen LogP contribution in [-0.4, -0.2) is 52.6 Å². The summed E-state index contributed by atoms with van der Waals surface area (Å²) in [6.45, 7) is 0.894. The molecule has 0 N–H and O–H groups in total. The summed E-state index contributed by atoms with van der Waals surface area (Å²) in [5.74, 6) is 0.767. The molecule has 5 heteroatoms. The van der Waals surface area contributed by atoms with Crippen molar-refractivity contribution in [2.24, 2.45) is 0 Å². The molecule has 0 bridgehead atoms. The topological polar surface area (TPSA) is 30.9 Å². The first-order valence-electron chi connectivity index (χ1n) is 3.72. The van der Waals surface area contributed by atoms with Crippen molar-refractivity contribution in [3.63, 3.8) is 0 Å². The molecule has 0 radical (unpaired) electrons. The van der Waals surface area contributed by atoms with Crippen molar-refractivity contribution in [3.05, 3.63) is 0 Å². The van der Waals surface area contributed by atoms with Crippen LogP contribution in [0.3, 0.4) is 0 Å². The lowest BCUT2D eigenvalue weighted by molar-refractivity contribution is 0.244. The minimum atomic E-state index is -1.75. The fourth-order valence-corrected chi connectivity index (χ4v) is 2.25. The van der Waals surface area contributed by atoms with E-state index in [2.05, 4.69) is 4.90 Å². The molecule has 0 aliphatic carbocycles. The smallest absolute Gasteiger partial charge is 0.0892 e. The molecule has 0 heterocycles. The van der Waals surface area contributed by atoms with Gasteiger partial charge in [0.15, 0.2) is 0 Å². The molecule has 0 atom stereocenters. The summed E-state index contributed by atoms with van der Waals surface area (Å²) in [6, 6.07) is 0. The third-order valence-electron chi connectivity index (χ3n) is 1.55. The molecular formula is C7H19NO3S. The van der Waals surface area contributed by atoms with E-state index in [9.17, 15) is 0 Å². The van der Waals surface area contributed by atoms with Crippen LogP contribution in [0, 0.1) is 0 Å². The van der Waals surface area contributed by atoms with Crippen molar-refractivity contribution in [1.29, 1.82) is 0 Å². The quantitative estimate of drug-likeness (QED) is 0.636. The number of nitrogens with zero attached hydrogens (tertiary/aromatic N) is 1. The van der Waals surface area contributed by atoms with Gasteiger partial charge in [-0.15, -0.1) is 0 Å². The molecule has 0 saturated carbocycles. The van der Waals surface area contributed by atoms with Gasteiger partial charge < -0.3 is 4.90 Å². The Balaban J connectivity index is 3.93. The van der Waals surface area contributed by atoms with Crippen molar-refractivity contribution in [3.8, 4) is 0 Å². The van der Waals surface area contributed by atoms with Gasteiger partial charge in [-0.25, -0.2) is 0 Å². The number of rotatable bonds is 6. The predicted octanol–water partition coefficient (Wildman–Crippen LogP) is 1.04. The lowest BCUT2D eigenvalue weighted by atomic mass is 10.7. The van der Waals surface area contributed by atoms with E-state index in [1.165, 1.54) is 0 Å². The Labute approximate surface area is 76.7 Å². The zero-order valence-electron chi connectivity index (χ0n) is 8.49. The van der Waals surface area contributed by atoms with Crippen molar-refractivity contribution in [1.82, 2.24) is 4.90 Å². The molecule has 0 unspecified atom stereocenters. The minimum Gasteiger partial charge on any atom is -0.308 e. The lowest BCUT2D eigenvalue weighted by Gasteiger charge is -2.34. The summed E-state index contributed by atoms with van der Waals surface area (Å²) in [5, 5.41) is 0. The molecule has 0 aromatic heterocycles. The molecule has 0 aliphatic heterocycles. The van der Waals surface area contributed by atoms with Gasteiger partial charge in [-0.1, -0.05) is 0 Å². The maximum Gasteiger partial charge on any atom is 0.0892 e. The minimum absolute atomic E-state index is 0.767. The molecule has 0 saturated heterocycles. The molecular weight excluding hydrogens is 178 g/mol. The summed E-state index contributed by atoms with van der Waals surface area (Å²) in [6.07, 6.45) is 0. The fraction of sp³-hybridized carbons (Fsp3) is 1.00. The van der Waals surface area contributed by atoms with E-state index in [1.54, 1.807) is 21.3 Å². The van der Waals surface area contributed by atoms with Crippen LogP contribution in [0.25, 0.3) is 0 Å². The average molecular weight is 197 g/mol. The van der Waals surface area contributed by atoms with Crippen LogP contribution in [-0.2, 0) is 12.5 Å². The Hall–Kier alpha value is 0.190. The van der Waals surface area contributed by atoms with Crippen LogP contribution in [0.1, 0.15) is 0 Å². The van der Waals surface area contributed by atoms with E-state index in [4.69, 9.17) is 12.5 Å². The van der Waals surface area contributed by atoms with Crippen LogP contribution >= 0.6 is 10.9 Å². The third-order valence-corrected chi connectivity index (χ3v) is 3.76. The average Bonchev–Trinajstić information content (AvgIpc) is 2.08. The third kappa shape index (κ3) is 3.73. The van der Waals surface area contributed by atoms with Gasteiger partial charge in [0.05, 0.1) is 38.0 Å². The first kappa shape index (κ1) is 12.2. The molecule has 76 valence electrons. The Bertz CT molecular complexity index is 109. The fourth-order valence-electron chi connectivity index (χ4n) is 0.749. The van der Waals surface area contributed by atoms with Gasteiger partial charge in [0.2, 0.25) is 0 Å². The number of hydrogen-bond donors (Lipinski definition) is 0. The summed E-state index contributed by atoms with van der Waals surface area (Å²) in [4.78, 5) is 2.07. The van der Waals surface area contributed by atoms with Gasteiger partial charge in [0.1, 0.15) is 0 Å². The van der Waals surface area contributed by atoms with Gasteiger partial charge in [-0.05, 0) is 14.1 Å². The normalized spacial score (nSPS) is 13.8. The van der Waals surface area contributed by atoms with E-state index >= 15 is 0 Å². The Morgan fingerprint density at radius 3 is 1.67 bits per heavy atom. The summed E-state index contributed by atoms with van der Waals surface area (Å²) in [5.41, 5.74) is 0. The van der Waals surface area contributed by atoms with Crippen LogP contribution < -0.4 is 0 Å². The highest BCUT2D eigenvalue weighted by molar-refractivity contribution is 8.21. The second-order valence-electron chi connectivity index (χ2n) is 2.57. The van der Waals surface area contributed by atoms with Crippen molar-refractivity contribution in [2.45, 2.75) is 0 Å². The van der Waals surface area contributed by atoms with Gasteiger partial charge in [-0.3, -0.25) is 12.5 Å². The van der Waals surface area contributed by atoms with Gasteiger partial charge in [0.25, 0.3) is 0 Å². The monoisotopic (exact) mass is 197 g/mol. The molecule has 12 heavy (non-hydrogen) atoms. The Kier molecular flexibility index (Phi) is 5.86. The zero-order chi connectivity index (χ0) is 9.61. The highest BCUT2D eigenvalue weighted by Gasteiger charge is 2.22. The molecule has 0 aromatic carbocycles. The van der Waals surface area contributed by atoms with Crippen molar-refractivity contribution >= 4 is 10.9 Å². The molecule has 0 aromatic rings. The zero-order valence-corrected chi connectivity index (χ0v) is 9.31. The second-order valence-corrected chi connectivity index (χ2v) is 5.09. The summed E-state index contributed by atoms with van der Waals surface area (Å²) in [7, 11) is 7.09. The molecule has 0 rings (SSSR count).